The SMILES string of the molecule is COC(=O)CCCC(Cl)C1CC2C(CC(O)C2C=O)O1. The molecule has 0 radical (unpaired) electrons. The molecule has 1 saturated carbocycles. The molecule has 6 unspecified atom stereocenters. The van der Waals surface area contributed by atoms with Crippen molar-refractivity contribution in [1.29, 1.82) is 0 Å². The quantitative estimate of drug-likeness (QED) is 0.455. The summed E-state index contributed by atoms with van der Waals surface area (Å²) in [6, 6.07) is 0. The third kappa shape index (κ3) is 3.32. The van der Waals surface area contributed by atoms with Gasteiger partial charge in [-0.1, -0.05) is 0 Å². The summed E-state index contributed by atoms with van der Waals surface area (Å²) in [5.41, 5.74) is 0. The summed E-state index contributed by atoms with van der Waals surface area (Å²) in [5, 5.41) is 9.58. The first-order valence-corrected chi connectivity index (χ1v) is 7.50. The number of methoxy groups -OCH3 is 1. The second-order valence-electron chi connectivity index (χ2n) is 5.61. The molecule has 2 aliphatic rings. The summed E-state index contributed by atoms with van der Waals surface area (Å²) in [4.78, 5) is 22.0. The van der Waals surface area contributed by atoms with Gasteiger partial charge in [-0.25, -0.2) is 0 Å². The van der Waals surface area contributed by atoms with Crippen molar-refractivity contribution in [3.63, 3.8) is 0 Å². The molecule has 6 atom stereocenters. The number of aldehydes is 1. The Balaban J connectivity index is 1.78. The molecule has 0 aromatic carbocycles. The Hall–Kier alpha value is -0.650. The normalized spacial score (nSPS) is 37.5. The van der Waals surface area contributed by atoms with Crippen LogP contribution in [0.4, 0.5) is 0 Å². The Bertz CT molecular complexity index is 361. The number of carbonyl (C=O) groups is 2. The van der Waals surface area contributed by atoms with Gasteiger partial charge in [-0.2, -0.15) is 0 Å². The van der Waals surface area contributed by atoms with Crippen molar-refractivity contribution in [2.45, 2.75) is 55.8 Å². The van der Waals surface area contributed by atoms with E-state index in [0.717, 1.165) is 6.29 Å². The molecule has 0 spiro atoms. The van der Waals surface area contributed by atoms with Crippen LogP contribution in [0, 0.1) is 11.8 Å². The Morgan fingerprint density at radius 3 is 2.95 bits per heavy atom. The van der Waals surface area contributed by atoms with Gasteiger partial charge in [0.15, 0.2) is 0 Å². The second-order valence-corrected chi connectivity index (χ2v) is 6.17. The molecule has 0 bridgehead atoms. The lowest BCUT2D eigenvalue weighted by atomic mass is 9.90. The number of hydrogen-bond acceptors (Lipinski definition) is 5. The Labute approximate surface area is 123 Å². The topological polar surface area (TPSA) is 72.8 Å². The van der Waals surface area contributed by atoms with Gasteiger partial charge in [-0.05, 0) is 25.2 Å². The van der Waals surface area contributed by atoms with Crippen LogP contribution < -0.4 is 0 Å². The van der Waals surface area contributed by atoms with E-state index in [9.17, 15) is 14.7 Å². The maximum Gasteiger partial charge on any atom is 0.305 e. The minimum absolute atomic E-state index is 0.0629. The van der Waals surface area contributed by atoms with Crippen LogP contribution in [0.2, 0.25) is 0 Å². The number of ether oxygens (including phenoxy) is 2. The molecule has 6 heteroatoms. The van der Waals surface area contributed by atoms with Crippen molar-refractivity contribution in [1.82, 2.24) is 0 Å². The molecular formula is C14H21ClO5. The zero-order valence-electron chi connectivity index (χ0n) is 11.5. The lowest BCUT2D eigenvalue weighted by Gasteiger charge is -2.19. The number of aliphatic hydroxyl groups excluding tert-OH is 1. The molecule has 20 heavy (non-hydrogen) atoms. The number of esters is 1. The van der Waals surface area contributed by atoms with Crippen molar-refractivity contribution in [3.05, 3.63) is 0 Å². The van der Waals surface area contributed by atoms with E-state index in [-0.39, 0.29) is 35.4 Å². The molecule has 2 rings (SSSR count). The molecule has 0 aromatic rings. The Morgan fingerprint density at radius 1 is 1.55 bits per heavy atom. The first-order valence-electron chi connectivity index (χ1n) is 7.06. The minimum atomic E-state index is -0.587. The summed E-state index contributed by atoms with van der Waals surface area (Å²) in [6.07, 6.45) is 3.00. The van der Waals surface area contributed by atoms with Crippen LogP contribution in [0.1, 0.15) is 32.1 Å². The van der Waals surface area contributed by atoms with E-state index < -0.39 is 6.10 Å². The van der Waals surface area contributed by atoms with Crippen LogP contribution in [0.3, 0.4) is 0 Å². The molecule has 1 saturated heterocycles. The van der Waals surface area contributed by atoms with Crippen LogP contribution in [0.5, 0.6) is 0 Å². The van der Waals surface area contributed by atoms with Crippen LogP contribution in [-0.4, -0.2) is 48.2 Å². The lowest BCUT2D eigenvalue weighted by Crippen LogP contribution is -2.25. The molecule has 1 aliphatic heterocycles. The Morgan fingerprint density at radius 2 is 2.30 bits per heavy atom. The number of rotatable bonds is 6. The molecule has 1 heterocycles. The van der Waals surface area contributed by atoms with E-state index in [1.54, 1.807) is 0 Å². The van der Waals surface area contributed by atoms with E-state index in [4.69, 9.17) is 16.3 Å². The van der Waals surface area contributed by atoms with Crippen molar-refractivity contribution in [3.8, 4) is 0 Å². The zero-order chi connectivity index (χ0) is 14.7. The fourth-order valence-corrected chi connectivity index (χ4v) is 3.59. The average Bonchev–Trinajstić information content (AvgIpc) is 2.94. The van der Waals surface area contributed by atoms with Gasteiger partial charge in [0.2, 0.25) is 0 Å². The maximum absolute atomic E-state index is 11.0. The van der Waals surface area contributed by atoms with Gasteiger partial charge >= 0.3 is 5.97 Å². The number of alkyl halides is 1. The monoisotopic (exact) mass is 304 g/mol. The predicted molar refractivity (Wildman–Crippen MR) is 72.5 cm³/mol. The van der Waals surface area contributed by atoms with E-state index in [1.165, 1.54) is 7.11 Å². The van der Waals surface area contributed by atoms with Crippen LogP contribution in [-0.2, 0) is 19.1 Å². The summed E-state index contributed by atoms with van der Waals surface area (Å²) >= 11 is 6.32. The van der Waals surface area contributed by atoms with Crippen molar-refractivity contribution in [2.75, 3.05) is 7.11 Å². The van der Waals surface area contributed by atoms with E-state index in [2.05, 4.69) is 4.74 Å². The predicted octanol–water partition coefficient (Wildman–Crippen LogP) is 1.29. The fraction of sp³-hybridized carbons (Fsp3) is 0.857. The highest BCUT2D eigenvalue weighted by Crippen LogP contribution is 2.44. The van der Waals surface area contributed by atoms with E-state index in [0.29, 0.717) is 32.1 Å². The summed E-state index contributed by atoms with van der Waals surface area (Å²) < 4.78 is 10.4. The molecule has 114 valence electrons. The van der Waals surface area contributed by atoms with E-state index >= 15 is 0 Å². The van der Waals surface area contributed by atoms with Gasteiger partial charge < -0.3 is 19.4 Å². The zero-order valence-corrected chi connectivity index (χ0v) is 12.3. The molecule has 1 aliphatic carbocycles. The van der Waals surface area contributed by atoms with E-state index in [1.807, 2.05) is 0 Å². The third-order valence-corrected chi connectivity index (χ3v) is 4.89. The van der Waals surface area contributed by atoms with Gasteiger partial charge in [-0.15, -0.1) is 11.6 Å². The first kappa shape index (κ1) is 15.7. The number of aliphatic hydroxyl groups is 1. The smallest absolute Gasteiger partial charge is 0.305 e. The lowest BCUT2D eigenvalue weighted by molar-refractivity contribution is -0.140. The second kappa shape index (κ2) is 6.87. The molecule has 1 N–H and O–H groups in total. The number of hydrogen-bond donors (Lipinski definition) is 1. The van der Waals surface area contributed by atoms with Gasteiger partial charge in [0.05, 0.1) is 30.8 Å². The highest BCUT2D eigenvalue weighted by atomic mass is 35.5. The number of fused-ring (bicyclic) bond motifs is 1. The standard InChI is InChI=1S/C14H21ClO5/c1-19-14(18)4-2-3-10(15)13-5-8-9(7-16)11(17)6-12(8)20-13/h7-13,17H,2-6H2,1H3. The number of halogens is 1. The van der Waals surface area contributed by atoms with Crippen LogP contribution >= 0.6 is 11.6 Å². The van der Waals surface area contributed by atoms with Crippen molar-refractivity contribution in [2.24, 2.45) is 11.8 Å². The van der Waals surface area contributed by atoms with Crippen LogP contribution in [0.25, 0.3) is 0 Å². The first-order chi connectivity index (χ1) is 9.56. The molecule has 0 aromatic heterocycles. The molecule has 5 nitrogen and oxygen atoms in total. The van der Waals surface area contributed by atoms with Gasteiger partial charge in [0.1, 0.15) is 6.29 Å². The molecular weight excluding hydrogens is 284 g/mol. The largest absolute Gasteiger partial charge is 0.469 e. The summed E-state index contributed by atoms with van der Waals surface area (Å²) in [6.45, 7) is 0. The van der Waals surface area contributed by atoms with Gasteiger partial charge in [0, 0.05) is 18.8 Å². The highest BCUT2D eigenvalue weighted by Gasteiger charge is 2.50. The highest BCUT2D eigenvalue weighted by molar-refractivity contribution is 6.21. The van der Waals surface area contributed by atoms with Gasteiger partial charge in [0.25, 0.3) is 0 Å². The molecule has 2 fully saturated rings. The average molecular weight is 305 g/mol. The maximum atomic E-state index is 11.0. The van der Waals surface area contributed by atoms with Crippen molar-refractivity contribution >= 4 is 23.9 Å². The minimum Gasteiger partial charge on any atom is -0.469 e. The fourth-order valence-electron chi connectivity index (χ4n) is 3.27. The number of carbonyl (C=O) groups excluding carboxylic acids is 2. The Kier molecular flexibility index (Phi) is 5.41. The summed E-state index contributed by atoms with van der Waals surface area (Å²) in [5.74, 6) is -0.486. The van der Waals surface area contributed by atoms with Crippen molar-refractivity contribution < 1.29 is 24.2 Å². The van der Waals surface area contributed by atoms with Crippen LogP contribution in [0.15, 0.2) is 0 Å². The summed E-state index contributed by atoms with van der Waals surface area (Å²) in [7, 11) is 1.37. The van der Waals surface area contributed by atoms with Gasteiger partial charge in [-0.3, -0.25) is 4.79 Å². The molecule has 0 amide bonds. The third-order valence-electron chi connectivity index (χ3n) is 4.39.